The molecule has 5 nitrogen and oxygen atoms in total. The third-order valence-corrected chi connectivity index (χ3v) is 2.10. The molecule has 0 atom stereocenters. The Kier molecular flexibility index (Phi) is 4.66. The molecule has 0 radical (unpaired) electrons. The van der Waals surface area contributed by atoms with E-state index in [1.807, 2.05) is 0 Å². The summed E-state index contributed by atoms with van der Waals surface area (Å²) < 4.78 is 0. The summed E-state index contributed by atoms with van der Waals surface area (Å²) in [5.74, 6) is 0.700. The first-order chi connectivity index (χ1) is 7.22. The van der Waals surface area contributed by atoms with Crippen LogP contribution < -0.4 is 16.6 Å². The van der Waals surface area contributed by atoms with Gasteiger partial charge in [-0.25, -0.2) is 0 Å². The van der Waals surface area contributed by atoms with Gasteiger partial charge in [-0.2, -0.15) is 4.98 Å². The van der Waals surface area contributed by atoms with Crippen LogP contribution in [-0.2, 0) is 0 Å². The topological polar surface area (TPSA) is 83.8 Å². The van der Waals surface area contributed by atoms with E-state index in [9.17, 15) is 4.79 Å². The quantitative estimate of drug-likeness (QED) is 0.619. The minimum absolute atomic E-state index is 0.151. The minimum atomic E-state index is -0.224. The number of nitrogens with zero attached hydrogens (tertiary/aromatic N) is 1. The van der Waals surface area contributed by atoms with Gasteiger partial charge in [0.25, 0.3) is 5.56 Å². The second-order valence-electron chi connectivity index (χ2n) is 3.50. The molecule has 5 heteroatoms. The molecule has 0 spiro atoms. The molecule has 84 valence electrons. The van der Waals surface area contributed by atoms with E-state index >= 15 is 0 Å². The Morgan fingerprint density at radius 3 is 2.93 bits per heavy atom. The van der Waals surface area contributed by atoms with Crippen LogP contribution in [0.2, 0.25) is 0 Å². The van der Waals surface area contributed by atoms with Crippen molar-refractivity contribution in [2.45, 2.75) is 32.6 Å². The average Bonchev–Trinajstić information content (AvgIpc) is 2.16. The molecule has 0 aromatic carbocycles. The van der Waals surface area contributed by atoms with Crippen LogP contribution in [0.15, 0.2) is 10.9 Å². The predicted octanol–water partition coefficient (Wildman–Crippen LogP) is 1.34. The zero-order valence-electron chi connectivity index (χ0n) is 9.05. The van der Waals surface area contributed by atoms with Crippen molar-refractivity contribution in [3.8, 4) is 0 Å². The molecule has 1 heterocycles. The summed E-state index contributed by atoms with van der Waals surface area (Å²) in [6, 6.07) is 1.41. The van der Waals surface area contributed by atoms with Crippen LogP contribution in [0, 0.1) is 0 Å². The van der Waals surface area contributed by atoms with Gasteiger partial charge < -0.3 is 11.1 Å². The summed E-state index contributed by atoms with van der Waals surface area (Å²) in [7, 11) is 0. The van der Waals surface area contributed by atoms with Crippen molar-refractivity contribution in [2.75, 3.05) is 17.6 Å². The summed E-state index contributed by atoms with van der Waals surface area (Å²) in [4.78, 5) is 17.4. The molecule has 0 saturated carbocycles. The summed E-state index contributed by atoms with van der Waals surface area (Å²) in [5, 5.41) is 3.07. The van der Waals surface area contributed by atoms with Gasteiger partial charge in [-0.05, 0) is 6.42 Å². The van der Waals surface area contributed by atoms with E-state index in [0.717, 1.165) is 13.0 Å². The van der Waals surface area contributed by atoms with Crippen molar-refractivity contribution in [1.82, 2.24) is 9.97 Å². The van der Waals surface area contributed by atoms with Gasteiger partial charge in [0.2, 0.25) is 5.95 Å². The fourth-order valence-electron chi connectivity index (χ4n) is 1.34. The summed E-state index contributed by atoms with van der Waals surface area (Å²) >= 11 is 0. The molecular weight excluding hydrogens is 192 g/mol. The standard InChI is InChI=1S/C10H18N4O/c1-2-3-4-5-6-12-8-7-9(15)14-10(11)13-8/h7H,2-6H2,1H3,(H4,11,12,13,14,15). The van der Waals surface area contributed by atoms with E-state index < -0.39 is 0 Å². The molecule has 1 aromatic heterocycles. The van der Waals surface area contributed by atoms with E-state index in [4.69, 9.17) is 5.73 Å². The summed E-state index contributed by atoms with van der Waals surface area (Å²) in [5.41, 5.74) is 5.18. The Balaban J connectivity index is 2.34. The number of anilines is 2. The van der Waals surface area contributed by atoms with Crippen LogP contribution in [0.3, 0.4) is 0 Å². The molecule has 4 N–H and O–H groups in total. The van der Waals surface area contributed by atoms with E-state index in [1.165, 1.54) is 25.3 Å². The predicted molar refractivity (Wildman–Crippen MR) is 61.9 cm³/mol. The van der Waals surface area contributed by atoms with Crippen LogP contribution in [-0.4, -0.2) is 16.5 Å². The fraction of sp³-hybridized carbons (Fsp3) is 0.600. The number of nitrogen functional groups attached to an aromatic ring is 1. The number of nitrogens with two attached hydrogens (primary N) is 1. The Labute approximate surface area is 89.1 Å². The molecule has 0 amide bonds. The number of nitrogens with one attached hydrogen (secondary N) is 2. The van der Waals surface area contributed by atoms with Crippen molar-refractivity contribution in [2.24, 2.45) is 0 Å². The number of aromatic nitrogens is 2. The minimum Gasteiger partial charge on any atom is -0.370 e. The number of aromatic amines is 1. The van der Waals surface area contributed by atoms with Crippen molar-refractivity contribution in [3.63, 3.8) is 0 Å². The van der Waals surface area contributed by atoms with Gasteiger partial charge in [0.15, 0.2) is 0 Å². The Morgan fingerprint density at radius 1 is 1.47 bits per heavy atom. The molecule has 0 aliphatic carbocycles. The lowest BCUT2D eigenvalue weighted by molar-refractivity contribution is 0.684. The normalized spacial score (nSPS) is 10.2. The van der Waals surface area contributed by atoms with Gasteiger partial charge in [-0.15, -0.1) is 0 Å². The fourth-order valence-corrected chi connectivity index (χ4v) is 1.34. The first-order valence-corrected chi connectivity index (χ1v) is 5.33. The third kappa shape index (κ3) is 4.49. The molecule has 0 aliphatic rings. The number of H-pyrrole nitrogens is 1. The van der Waals surface area contributed by atoms with Crippen LogP contribution in [0.25, 0.3) is 0 Å². The van der Waals surface area contributed by atoms with E-state index in [2.05, 4.69) is 22.2 Å². The van der Waals surface area contributed by atoms with Crippen LogP contribution in [0.4, 0.5) is 11.8 Å². The average molecular weight is 210 g/mol. The monoisotopic (exact) mass is 210 g/mol. The number of hydrogen-bond donors (Lipinski definition) is 3. The van der Waals surface area contributed by atoms with Gasteiger partial charge in [0.1, 0.15) is 5.82 Å². The number of unbranched alkanes of at least 4 members (excludes halogenated alkanes) is 3. The highest BCUT2D eigenvalue weighted by Crippen LogP contribution is 2.02. The first kappa shape index (κ1) is 11.6. The molecule has 1 rings (SSSR count). The third-order valence-electron chi connectivity index (χ3n) is 2.10. The molecule has 15 heavy (non-hydrogen) atoms. The van der Waals surface area contributed by atoms with E-state index in [1.54, 1.807) is 0 Å². The second kappa shape index (κ2) is 6.06. The maximum Gasteiger partial charge on any atom is 0.254 e. The zero-order valence-corrected chi connectivity index (χ0v) is 9.05. The Bertz CT molecular complexity index is 348. The van der Waals surface area contributed by atoms with Crippen molar-refractivity contribution in [3.05, 3.63) is 16.4 Å². The van der Waals surface area contributed by atoms with Gasteiger partial charge in [-0.3, -0.25) is 9.78 Å². The lowest BCUT2D eigenvalue weighted by atomic mass is 10.2. The highest BCUT2D eigenvalue weighted by atomic mass is 16.1. The van der Waals surface area contributed by atoms with Crippen molar-refractivity contribution in [1.29, 1.82) is 0 Å². The highest BCUT2D eigenvalue weighted by Gasteiger charge is 1.96. The maximum atomic E-state index is 11.0. The van der Waals surface area contributed by atoms with Gasteiger partial charge >= 0.3 is 0 Å². The van der Waals surface area contributed by atoms with Gasteiger partial charge in [-0.1, -0.05) is 26.2 Å². The summed E-state index contributed by atoms with van der Waals surface area (Å²) in [6.45, 7) is 3.00. The molecule has 0 aliphatic heterocycles. The van der Waals surface area contributed by atoms with E-state index in [0.29, 0.717) is 5.82 Å². The number of hydrogen-bond acceptors (Lipinski definition) is 4. The Hall–Kier alpha value is -1.52. The van der Waals surface area contributed by atoms with Crippen LogP contribution in [0.5, 0.6) is 0 Å². The largest absolute Gasteiger partial charge is 0.370 e. The molecule has 0 saturated heterocycles. The summed E-state index contributed by atoms with van der Waals surface area (Å²) in [6.07, 6.45) is 4.74. The first-order valence-electron chi connectivity index (χ1n) is 5.33. The van der Waals surface area contributed by atoms with Crippen molar-refractivity contribution < 1.29 is 0 Å². The lowest BCUT2D eigenvalue weighted by Gasteiger charge is -2.04. The lowest BCUT2D eigenvalue weighted by Crippen LogP contribution is -2.13. The number of rotatable bonds is 6. The molecule has 1 aromatic rings. The van der Waals surface area contributed by atoms with Gasteiger partial charge in [0.05, 0.1) is 0 Å². The molecule has 0 bridgehead atoms. The molecular formula is C10H18N4O. The molecule has 0 unspecified atom stereocenters. The van der Waals surface area contributed by atoms with Crippen LogP contribution >= 0.6 is 0 Å². The van der Waals surface area contributed by atoms with Crippen molar-refractivity contribution >= 4 is 11.8 Å². The highest BCUT2D eigenvalue weighted by molar-refractivity contribution is 5.37. The van der Waals surface area contributed by atoms with Crippen LogP contribution in [0.1, 0.15) is 32.6 Å². The SMILES string of the molecule is CCCCCCNc1cc(=O)[nH]c(N)n1. The Morgan fingerprint density at radius 2 is 2.27 bits per heavy atom. The van der Waals surface area contributed by atoms with E-state index in [-0.39, 0.29) is 11.5 Å². The second-order valence-corrected chi connectivity index (χ2v) is 3.50. The maximum absolute atomic E-state index is 11.0. The zero-order chi connectivity index (χ0) is 11.1. The van der Waals surface area contributed by atoms with Gasteiger partial charge in [0, 0.05) is 12.6 Å². The molecule has 0 fully saturated rings. The smallest absolute Gasteiger partial charge is 0.254 e.